The minimum atomic E-state index is -0.348. The molecular formula is C17H22N2O2. The molecule has 0 atom stereocenters. The van der Waals surface area contributed by atoms with E-state index in [1.807, 2.05) is 26.0 Å². The molecule has 0 aromatic heterocycles. The molecule has 4 heteroatoms. The molecule has 4 nitrogen and oxygen atoms in total. The van der Waals surface area contributed by atoms with Crippen LogP contribution < -0.4 is 11.5 Å². The number of aromatic hydroxyl groups is 2. The Hall–Kier alpha value is -2.36. The van der Waals surface area contributed by atoms with Crippen LogP contribution in [0, 0.1) is 13.8 Å². The largest absolute Gasteiger partial charge is 0.506 e. The second-order valence-corrected chi connectivity index (χ2v) is 6.09. The van der Waals surface area contributed by atoms with Crippen molar-refractivity contribution in [3.05, 3.63) is 46.5 Å². The van der Waals surface area contributed by atoms with Gasteiger partial charge in [0, 0.05) is 5.41 Å². The molecule has 0 fully saturated rings. The fraction of sp³-hybridized carbons (Fsp3) is 0.294. The van der Waals surface area contributed by atoms with Crippen molar-refractivity contribution in [2.24, 2.45) is 0 Å². The van der Waals surface area contributed by atoms with Crippen LogP contribution in [0.25, 0.3) is 0 Å². The molecule has 0 saturated carbocycles. The van der Waals surface area contributed by atoms with Crippen LogP contribution >= 0.6 is 0 Å². The third-order valence-corrected chi connectivity index (χ3v) is 4.10. The van der Waals surface area contributed by atoms with Gasteiger partial charge in [0.15, 0.2) is 0 Å². The van der Waals surface area contributed by atoms with E-state index in [9.17, 15) is 10.2 Å². The normalized spacial score (nSPS) is 11.6. The van der Waals surface area contributed by atoms with E-state index in [2.05, 4.69) is 13.8 Å². The molecule has 0 amide bonds. The molecule has 112 valence electrons. The monoisotopic (exact) mass is 286 g/mol. The van der Waals surface area contributed by atoms with Gasteiger partial charge in [0.05, 0.1) is 11.4 Å². The average Bonchev–Trinajstić information content (AvgIpc) is 2.40. The Morgan fingerprint density at radius 1 is 0.762 bits per heavy atom. The zero-order valence-electron chi connectivity index (χ0n) is 12.9. The molecule has 0 unspecified atom stereocenters. The van der Waals surface area contributed by atoms with E-state index < -0.39 is 0 Å². The van der Waals surface area contributed by atoms with E-state index in [0.29, 0.717) is 11.4 Å². The molecule has 0 saturated heterocycles. The second kappa shape index (κ2) is 4.88. The van der Waals surface area contributed by atoms with Crippen LogP contribution in [0.2, 0.25) is 0 Å². The molecule has 21 heavy (non-hydrogen) atoms. The third kappa shape index (κ3) is 2.49. The van der Waals surface area contributed by atoms with Crippen LogP contribution in [0.4, 0.5) is 11.4 Å². The van der Waals surface area contributed by atoms with E-state index in [1.165, 1.54) is 0 Å². The van der Waals surface area contributed by atoms with Crippen molar-refractivity contribution in [3.63, 3.8) is 0 Å². The summed E-state index contributed by atoms with van der Waals surface area (Å²) in [4.78, 5) is 0. The maximum atomic E-state index is 9.81. The maximum Gasteiger partial charge on any atom is 0.141 e. The number of benzene rings is 2. The fourth-order valence-electron chi connectivity index (χ4n) is 2.50. The van der Waals surface area contributed by atoms with Crippen molar-refractivity contribution >= 4 is 11.4 Å². The molecular weight excluding hydrogens is 264 g/mol. The lowest BCUT2D eigenvalue weighted by molar-refractivity contribution is 0.472. The number of phenols is 2. The Morgan fingerprint density at radius 2 is 1.10 bits per heavy atom. The minimum absolute atomic E-state index is 0.121. The number of nitrogen functional groups attached to an aromatic ring is 2. The fourth-order valence-corrected chi connectivity index (χ4v) is 2.50. The Kier molecular flexibility index (Phi) is 3.49. The molecule has 0 heterocycles. The Labute approximate surface area is 125 Å². The highest BCUT2D eigenvalue weighted by molar-refractivity contribution is 5.63. The molecule has 0 bridgehead atoms. The average molecular weight is 286 g/mol. The zero-order valence-corrected chi connectivity index (χ0v) is 12.9. The minimum Gasteiger partial charge on any atom is -0.506 e. The lowest BCUT2D eigenvalue weighted by Gasteiger charge is -2.28. The number of aryl methyl sites for hydroxylation is 2. The zero-order chi connectivity index (χ0) is 15.9. The van der Waals surface area contributed by atoms with Gasteiger partial charge in [-0.2, -0.15) is 0 Å². The van der Waals surface area contributed by atoms with Gasteiger partial charge < -0.3 is 21.7 Å². The van der Waals surface area contributed by atoms with Gasteiger partial charge in [0.1, 0.15) is 11.5 Å². The van der Waals surface area contributed by atoms with Gasteiger partial charge in [0.25, 0.3) is 0 Å². The Bertz CT molecular complexity index is 600. The van der Waals surface area contributed by atoms with Crippen molar-refractivity contribution in [3.8, 4) is 11.5 Å². The summed E-state index contributed by atoms with van der Waals surface area (Å²) >= 11 is 0. The summed E-state index contributed by atoms with van der Waals surface area (Å²) in [6.07, 6.45) is 0. The molecule has 0 radical (unpaired) electrons. The van der Waals surface area contributed by atoms with Crippen molar-refractivity contribution < 1.29 is 10.2 Å². The summed E-state index contributed by atoms with van der Waals surface area (Å²) in [7, 11) is 0. The molecule has 2 aromatic carbocycles. The van der Waals surface area contributed by atoms with Crippen LogP contribution in [0.15, 0.2) is 24.3 Å². The molecule has 2 aromatic rings. The van der Waals surface area contributed by atoms with E-state index in [1.54, 1.807) is 12.1 Å². The Morgan fingerprint density at radius 3 is 1.38 bits per heavy atom. The topological polar surface area (TPSA) is 92.5 Å². The smallest absolute Gasteiger partial charge is 0.141 e. The predicted octanol–water partition coefficient (Wildman–Crippen LogP) is 3.20. The number of rotatable bonds is 2. The maximum absolute atomic E-state index is 9.81. The number of nitrogens with two attached hydrogens (primary N) is 2. The first-order valence-corrected chi connectivity index (χ1v) is 6.83. The lowest BCUT2D eigenvalue weighted by atomic mass is 9.76. The number of hydrogen-bond acceptors (Lipinski definition) is 4. The molecule has 0 aliphatic carbocycles. The highest BCUT2D eigenvalue weighted by atomic mass is 16.3. The SMILES string of the molecule is Cc1cc(C(C)(C)c2cc(C)c(O)c(N)c2)cc(N)c1O. The van der Waals surface area contributed by atoms with Crippen molar-refractivity contribution in [1.82, 2.24) is 0 Å². The van der Waals surface area contributed by atoms with Crippen LogP contribution in [0.3, 0.4) is 0 Å². The molecule has 0 spiro atoms. The van der Waals surface area contributed by atoms with Crippen LogP contribution in [0.5, 0.6) is 11.5 Å². The first-order valence-electron chi connectivity index (χ1n) is 6.83. The number of hydrogen-bond donors (Lipinski definition) is 4. The summed E-state index contributed by atoms with van der Waals surface area (Å²) in [6, 6.07) is 7.40. The summed E-state index contributed by atoms with van der Waals surface area (Å²) in [5, 5.41) is 19.6. The second-order valence-electron chi connectivity index (χ2n) is 6.09. The van der Waals surface area contributed by atoms with Crippen LogP contribution in [-0.4, -0.2) is 10.2 Å². The first-order chi connectivity index (χ1) is 9.64. The molecule has 2 rings (SSSR count). The summed E-state index contributed by atoms with van der Waals surface area (Å²) < 4.78 is 0. The summed E-state index contributed by atoms with van der Waals surface area (Å²) in [5.74, 6) is 0.243. The van der Waals surface area contributed by atoms with Gasteiger partial charge in [0.2, 0.25) is 0 Å². The number of anilines is 2. The van der Waals surface area contributed by atoms with Crippen LogP contribution in [0.1, 0.15) is 36.1 Å². The quantitative estimate of drug-likeness (QED) is 0.504. The van der Waals surface area contributed by atoms with Crippen LogP contribution in [-0.2, 0) is 5.41 Å². The predicted molar refractivity (Wildman–Crippen MR) is 86.6 cm³/mol. The van der Waals surface area contributed by atoms with E-state index in [-0.39, 0.29) is 16.9 Å². The molecule has 0 aliphatic rings. The number of phenolic OH excluding ortho intramolecular Hbond substituents is 2. The van der Waals surface area contributed by atoms with Gasteiger partial charge in [-0.1, -0.05) is 26.0 Å². The summed E-state index contributed by atoms with van der Waals surface area (Å²) in [6.45, 7) is 7.76. The van der Waals surface area contributed by atoms with Crippen molar-refractivity contribution in [2.75, 3.05) is 11.5 Å². The van der Waals surface area contributed by atoms with Crippen molar-refractivity contribution in [1.29, 1.82) is 0 Å². The summed E-state index contributed by atoms with van der Waals surface area (Å²) in [5.41, 5.74) is 15.6. The highest BCUT2D eigenvalue weighted by Gasteiger charge is 2.26. The molecule has 6 N–H and O–H groups in total. The molecule has 0 aliphatic heterocycles. The van der Waals surface area contributed by atoms with Gasteiger partial charge in [-0.25, -0.2) is 0 Å². The van der Waals surface area contributed by atoms with Gasteiger partial charge >= 0.3 is 0 Å². The van der Waals surface area contributed by atoms with Gasteiger partial charge in [-0.05, 0) is 48.2 Å². The van der Waals surface area contributed by atoms with E-state index >= 15 is 0 Å². The van der Waals surface area contributed by atoms with Crippen molar-refractivity contribution in [2.45, 2.75) is 33.1 Å². The standard InChI is InChI=1S/C17H22N2O2/c1-9-5-11(7-13(18)15(9)20)17(3,4)12-6-10(2)16(21)14(19)8-12/h5-8,20-21H,18-19H2,1-4H3. The highest BCUT2D eigenvalue weighted by Crippen LogP contribution is 2.39. The van der Waals surface area contributed by atoms with Gasteiger partial charge in [-0.3, -0.25) is 0 Å². The first kappa shape index (κ1) is 15.0. The van der Waals surface area contributed by atoms with E-state index in [4.69, 9.17) is 11.5 Å². The lowest BCUT2D eigenvalue weighted by Crippen LogP contribution is -2.20. The third-order valence-electron chi connectivity index (χ3n) is 4.10. The van der Waals surface area contributed by atoms with E-state index in [0.717, 1.165) is 22.3 Å². The Balaban J connectivity index is 2.61. The van der Waals surface area contributed by atoms with Gasteiger partial charge in [-0.15, -0.1) is 0 Å².